The number of carbonyl (C=O) groups excluding carboxylic acids is 4. The van der Waals surface area contributed by atoms with Gasteiger partial charge in [0, 0.05) is 40.2 Å². The molecule has 1 saturated heterocycles. The standard InChI is InChI=1S/C31H41N5O5/c1-33-16-9-17-36(19-18-33)31(40)26-14-15-28(37)34(2)21-29(38)35(3)24(20-23-10-5-4-6-11-23)22-41-27-13-8-7-12-25(27)30(39)32-26/h4-8,10-13,24,26H,9,14-22H2,1-3H3,(H,32,39)/t24-,26+/m1/s1. The molecule has 2 aromatic carbocycles. The smallest absolute Gasteiger partial charge is 0.255 e. The molecular weight excluding hydrogens is 522 g/mol. The third-order valence-corrected chi connectivity index (χ3v) is 7.90. The Bertz CT molecular complexity index is 1220. The van der Waals surface area contributed by atoms with Gasteiger partial charge in [-0.25, -0.2) is 0 Å². The van der Waals surface area contributed by atoms with Crippen molar-refractivity contribution in [1.82, 2.24) is 24.9 Å². The second kappa shape index (κ2) is 14.1. The highest BCUT2D eigenvalue weighted by Crippen LogP contribution is 2.21. The minimum atomic E-state index is -0.884. The average molecular weight is 564 g/mol. The van der Waals surface area contributed by atoms with Crippen LogP contribution in [0.1, 0.15) is 35.2 Å². The predicted octanol–water partition coefficient (Wildman–Crippen LogP) is 1.65. The Morgan fingerprint density at radius 3 is 2.41 bits per heavy atom. The van der Waals surface area contributed by atoms with Gasteiger partial charge in [0.15, 0.2) is 0 Å². The molecule has 2 heterocycles. The number of para-hydroxylation sites is 1. The first-order valence-electron chi connectivity index (χ1n) is 14.3. The fraction of sp³-hybridized carbons (Fsp3) is 0.484. The molecule has 10 nitrogen and oxygen atoms in total. The lowest BCUT2D eigenvalue weighted by molar-refractivity contribution is -0.140. The number of nitrogens with one attached hydrogen (secondary N) is 1. The molecule has 2 atom stereocenters. The number of hydrogen-bond donors (Lipinski definition) is 1. The van der Waals surface area contributed by atoms with E-state index in [4.69, 9.17) is 4.74 Å². The Hall–Kier alpha value is -3.92. The summed E-state index contributed by atoms with van der Waals surface area (Å²) in [5, 5.41) is 2.90. The van der Waals surface area contributed by atoms with Crippen molar-refractivity contribution in [1.29, 1.82) is 0 Å². The maximum Gasteiger partial charge on any atom is 0.255 e. The number of benzene rings is 2. The van der Waals surface area contributed by atoms with Crippen LogP contribution in [0.2, 0.25) is 0 Å². The Morgan fingerprint density at radius 1 is 0.902 bits per heavy atom. The van der Waals surface area contributed by atoms with Crippen LogP contribution >= 0.6 is 0 Å². The second-order valence-electron chi connectivity index (χ2n) is 11.0. The van der Waals surface area contributed by atoms with E-state index in [0.29, 0.717) is 30.8 Å². The third-order valence-electron chi connectivity index (χ3n) is 7.90. The number of ether oxygens (including phenoxy) is 1. The van der Waals surface area contributed by atoms with Gasteiger partial charge in [0.05, 0.1) is 18.2 Å². The topological polar surface area (TPSA) is 102 Å². The van der Waals surface area contributed by atoms with Gasteiger partial charge in [0.1, 0.15) is 18.4 Å². The lowest BCUT2D eigenvalue weighted by Crippen LogP contribution is -2.50. The molecule has 4 rings (SSSR count). The van der Waals surface area contributed by atoms with E-state index in [1.807, 2.05) is 37.4 Å². The molecular formula is C31H41N5O5. The largest absolute Gasteiger partial charge is 0.491 e. The van der Waals surface area contributed by atoms with Crippen molar-refractivity contribution in [2.45, 2.75) is 37.8 Å². The molecule has 2 aliphatic rings. The Kier molecular flexibility index (Phi) is 10.3. The summed E-state index contributed by atoms with van der Waals surface area (Å²) in [4.78, 5) is 60.5. The number of nitrogens with zero attached hydrogens (tertiary/aromatic N) is 4. The number of rotatable bonds is 3. The van der Waals surface area contributed by atoms with Crippen molar-refractivity contribution in [2.24, 2.45) is 0 Å². The monoisotopic (exact) mass is 563 g/mol. The van der Waals surface area contributed by atoms with Crippen LogP contribution < -0.4 is 10.1 Å². The summed E-state index contributed by atoms with van der Waals surface area (Å²) in [6.07, 6.45) is 1.52. The van der Waals surface area contributed by atoms with Crippen molar-refractivity contribution in [3.8, 4) is 5.75 Å². The average Bonchev–Trinajstić information content (AvgIpc) is 3.20. The van der Waals surface area contributed by atoms with Gasteiger partial charge in [-0.15, -0.1) is 0 Å². The van der Waals surface area contributed by atoms with E-state index >= 15 is 0 Å². The van der Waals surface area contributed by atoms with Crippen LogP contribution in [0.15, 0.2) is 54.6 Å². The maximum atomic E-state index is 13.6. The molecule has 220 valence electrons. The van der Waals surface area contributed by atoms with Crippen LogP contribution in [-0.2, 0) is 20.8 Å². The number of likely N-dealkylation sites (N-methyl/N-ethyl adjacent to an activating group) is 3. The molecule has 0 radical (unpaired) electrons. The van der Waals surface area contributed by atoms with Gasteiger partial charge >= 0.3 is 0 Å². The molecule has 10 heteroatoms. The number of carbonyl (C=O) groups is 4. The lowest BCUT2D eigenvalue weighted by atomic mass is 10.1. The van der Waals surface area contributed by atoms with Crippen molar-refractivity contribution < 1.29 is 23.9 Å². The van der Waals surface area contributed by atoms with E-state index in [9.17, 15) is 19.2 Å². The van der Waals surface area contributed by atoms with Crippen LogP contribution in [0.4, 0.5) is 0 Å². The molecule has 0 bridgehead atoms. The third kappa shape index (κ3) is 8.07. The Labute approximate surface area is 242 Å². The first kappa shape index (κ1) is 30.0. The van der Waals surface area contributed by atoms with Crippen molar-refractivity contribution >= 4 is 23.6 Å². The quantitative estimate of drug-likeness (QED) is 0.610. The van der Waals surface area contributed by atoms with Gasteiger partial charge < -0.3 is 29.7 Å². The normalized spacial score (nSPS) is 22.1. The first-order valence-corrected chi connectivity index (χ1v) is 14.3. The Morgan fingerprint density at radius 2 is 1.63 bits per heavy atom. The van der Waals surface area contributed by atoms with Crippen LogP contribution in [0.5, 0.6) is 5.75 Å². The fourth-order valence-electron chi connectivity index (χ4n) is 5.21. The van der Waals surface area contributed by atoms with Crippen molar-refractivity contribution in [3.63, 3.8) is 0 Å². The van der Waals surface area contributed by atoms with E-state index in [-0.39, 0.29) is 49.8 Å². The molecule has 4 amide bonds. The SMILES string of the molecule is CN1CCCN(C(=O)[C@@H]2CCC(=O)N(C)CC(=O)N(C)[C@H](Cc3ccccc3)COc3ccccc3C(=O)N2)CC1. The zero-order chi connectivity index (χ0) is 29.4. The van der Waals surface area contributed by atoms with Crippen LogP contribution in [0.25, 0.3) is 0 Å². The maximum absolute atomic E-state index is 13.6. The summed E-state index contributed by atoms with van der Waals surface area (Å²) in [5.41, 5.74) is 1.34. The predicted molar refractivity (Wildman–Crippen MR) is 155 cm³/mol. The zero-order valence-corrected chi connectivity index (χ0v) is 24.3. The minimum absolute atomic E-state index is 0.0174. The second-order valence-corrected chi connectivity index (χ2v) is 11.0. The molecule has 1 N–H and O–H groups in total. The van der Waals surface area contributed by atoms with Gasteiger partial charge in [-0.1, -0.05) is 42.5 Å². The fourth-order valence-corrected chi connectivity index (χ4v) is 5.21. The number of fused-ring (bicyclic) bond motifs is 1. The van der Waals surface area contributed by atoms with Gasteiger partial charge in [-0.2, -0.15) is 0 Å². The minimum Gasteiger partial charge on any atom is -0.491 e. The van der Waals surface area contributed by atoms with E-state index in [1.54, 1.807) is 48.2 Å². The molecule has 0 aromatic heterocycles. The summed E-state index contributed by atoms with van der Waals surface area (Å²) in [6, 6.07) is 15.5. The summed E-state index contributed by atoms with van der Waals surface area (Å²) in [5.74, 6) is -0.754. The highest BCUT2D eigenvalue weighted by molar-refractivity contribution is 5.99. The molecule has 0 aliphatic carbocycles. The van der Waals surface area contributed by atoms with E-state index < -0.39 is 11.9 Å². The summed E-state index contributed by atoms with van der Waals surface area (Å²) in [7, 11) is 5.32. The van der Waals surface area contributed by atoms with E-state index in [0.717, 1.165) is 25.1 Å². The van der Waals surface area contributed by atoms with Gasteiger partial charge in [0.2, 0.25) is 17.7 Å². The lowest BCUT2D eigenvalue weighted by Gasteiger charge is -2.30. The van der Waals surface area contributed by atoms with Gasteiger partial charge in [-0.05, 0) is 50.6 Å². The molecule has 0 unspecified atom stereocenters. The molecule has 1 fully saturated rings. The zero-order valence-electron chi connectivity index (χ0n) is 24.3. The van der Waals surface area contributed by atoms with E-state index in [1.165, 1.54) is 4.90 Å². The number of amides is 4. The van der Waals surface area contributed by atoms with Gasteiger partial charge in [0.25, 0.3) is 5.91 Å². The molecule has 41 heavy (non-hydrogen) atoms. The van der Waals surface area contributed by atoms with Crippen LogP contribution in [0, 0.1) is 0 Å². The summed E-state index contributed by atoms with van der Waals surface area (Å²) < 4.78 is 6.19. The molecule has 0 saturated carbocycles. The highest BCUT2D eigenvalue weighted by Gasteiger charge is 2.31. The Balaban J connectivity index is 1.62. The molecule has 2 aliphatic heterocycles. The van der Waals surface area contributed by atoms with E-state index in [2.05, 4.69) is 10.2 Å². The summed E-state index contributed by atoms with van der Waals surface area (Å²) in [6.45, 7) is 2.82. The van der Waals surface area contributed by atoms with Gasteiger partial charge in [-0.3, -0.25) is 19.2 Å². The molecule has 2 aromatic rings. The van der Waals surface area contributed by atoms with Crippen LogP contribution in [0.3, 0.4) is 0 Å². The highest BCUT2D eigenvalue weighted by atomic mass is 16.5. The summed E-state index contributed by atoms with van der Waals surface area (Å²) >= 11 is 0. The number of hydrogen-bond acceptors (Lipinski definition) is 6. The molecule has 0 spiro atoms. The van der Waals surface area contributed by atoms with Crippen molar-refractivity contribution in [2.75, 3.05) is 60.5 Å². The van der Waals surface area contributed by atoms with Crippen molar-refractivity contribution in [3.05, 3.63) is 65.7 Å². The first-order chi connectivity index (χ1) is 19.7. The van der Waals surface area contributed by atoms with Crippen LogP contribution in [-0.4, -0.2) is 116 Å².